The molecule has 0 bridgehead atoms. The van der Waals surface area contributed by atoms with Crippen LogP contribution in [0.25, 0.3) is 10.2 Å². The van der Waals surface area contributed by atoms with Crippen LogP contribution in [0.3, 0.4) is 0 Å². The van der Waals surface area contributed by atoms with Crippen molar-refractivity contribution in [2.75, 3.05) is 11.1 Å². The number of fused-ring (bicyclic) bond motifs is 1. The summed E-state index contributed by atoms with van der Waals surface area (Å²) in [6.45, 7) is 8.10. The second-order valence-electron chi connectivity index (χ2n) is 7.21. The summed E-state index contributed by atoms with van der Waals surface area (Å²) >= 11 is 2.68. The first-order valence-corrected chi connectivity index (χ1v) is 11.7. The molecule has 0 unspecified atom stereocenters. The van der Waals surface area contributed by atoms with E-state index in [-0.39, 0.29) is 22.9 Å². The summed E-state index contributed by atoms with van der Waals surface area (Å²) in [7, 11) is 0. The predicted molar refractivity (Wildman–Crippen MR) is 125 cm³/mol. The van der Waals surface area contributed by atoms with Crippen molar-refractivity contribution in [2.45, 2.75) is 52.2 Å². The molecule has 164 valence electrons. The molecule has 0 aliphatic carbocycles. The van der Waals surface area contributed by atoms with E-state index < -0.39 is 4.92 Å². The summed E-state index contributed by atoms with van der Waals surface area (Å²) in [5.41, 5.74) is 1.64. The lowest BCUT2D eigenvalue weighted by molar-refractivity contribution is -0.385. The zero-order chi connectivity index (χ0) is 22.7. The van der Waals surface area contributed by atoms with E-state index in [1.165, 1.54) is 35.2 Å². The number of hydrogen-bond acceptors (Lipinski definition) is 7. The van der Waals surface area contributed by atoms with Crippen LogP contribution < -0.4 is 10.9 Å². The second-order valence-corrected chi connectivity index (χ2v) is 9.36. The van der Waals surface area contributed by atoms with E-state index in [2.05, 4.69) is 17.2 Å². The first kappa shape index (κ1) is 23.0. The minimum atomic E-state index is -0.476. The van der Waals surface area contributed by atoms with Crippen molar-refractivity contribution in [2.24, 2.45) is 0 Å². The van der Waals surface area contributed by atoms with Gasteiger partial charge in [0.25, 0.3) is 11.2 Å². The van der Waals surface area contributed by atoms with Gasteiger partial charge in [-0.15, -0.1) is 11.3 Å². The number of nitrogens with zero attached hydrogens (tertiary/aromatic N) is 3. The van der Waals surface area contributed by atoms with Crippen LogP contribution in [0.15, 0.2) is 28.2 Å². The van der Waals surface area contributed by atoms with Crippen LogP contribution in [0.2, 0.25) is 0 Å². The Hall–Kier alpha value is -2.72. The molecule has 0 fully saturated rings. The van der Waals surface area contributed by atoms with Crippen molar-refractivity contribution >= 4 is 50.6 Å². The van der Waals surface area contributed by atoms with Gasteiger partial charge in [0, 0.05) is 17.5 Å². The van der Waals surface area contributed by atoms with Gasteiger partial charge in [-0.05, 0) is 38.8 Å². The summed E-state index contributed by atoms with van der Waals surface area (Å²) < 4.78 is 1.65. The van der Waals surface area contributed by atoms with Crippen molar-refractivity contribution < 1.29 is 9.72 Å². The average molecular weight is 461 g/mol. The van der Waals surface area contributed by atoms with Gasteiger partial charge in [0.1, 0.15) is 4.83 Å². The van der Waals surface area contributed by atoms with Crippen molar-refractivity contribution in [3.63, 3.8) is 0 Å². The van der Waals surface area contributed by atoms with Gasteiger partial charge in [0.2, 0.25) is 5.91 Å². The van der Waals surface area contributed by atoms with Gasteiger partial charge in [-0.2, -0.15) is 0 Å². The number of carbonyl (C=O) groups excluding carboxylic acids is 1. The van der Waals surface area contributed by atoms with E-state index >= 15 is 0 Å². The number of nitrogens with one attached hydrogen (secondary N) is 1. The number of rotatable bonds is 8. The number of unbranched alkanes of at least 4 members (excludes halogenated alkanes) is 1. The van der Waals surface area contributed by atoms with Crippen LogP contribution in [0.4, 0.5) is 11.4 Å². The van der Waals surface area contributed by atoms with Crippen LogP contribution in [-0.2, 0) is 11.3 Å². The highest BCUT2D eigenvalue weighted by molar-refractivity contribution is 7.99. The molecule has 1 amide bonds. The number of hydrogen-bond donors (Lipinski definition) is 1. The average Bonchev–Trinajstić information content (AvgIpc) is 3.01. The third-order valence-corrected chi connectivity index (χ3v) is 7.17. The maximum absolute atomic E-state index is 13.1. The van der Waals surface area contributed by atoms with E-state index in [4.69, 9.17) is 0 Å². The number of thioether (sulfide) groups is 1. The summed E-state index contributed by atoms with van der Waals surface area (Å²) in [4.78, 5) is 42.7. The minimum absolute atomic E-state index is 0.0372. The van der Waals surface area contributed by atoms with Gasteiger partial charge in [-0.3, -0.25) is 24.3 Å². The van der Waals surface area contributed by atoms with Crippen LogP contribution in [0.5, 0.6) is 0 Å². The Kier molecular flexibility index (Phi) is 7.11. The molecule has 0 aliphatic rings. The molecule has 0 radical (unpaired) electrons. The van der Waals surface area contributed by atoms with Crippen LogP contribution in [0, 0.1) is 30.9 Å². The third kappa shape index (κ3) is 4.80. The quantitative estimate of drug-likeness (QED) is 0.223. The third-order valence-electron chi connectivity index (χ3n) is 5.10. The second kappa shape index (κ2) is 9.61. The Balaban J connectivity index is 1.85. The number of benzene rings is 1. The molecule has 0 saturated heterocycles. The largest absolute Gasteiger partial charge is 0.325 e. The normalized spacial score (nSPS) is 11.1. The maximum Gasteiger partial charge on any atom is 0.274 e. The number of nitro benzene ring substituents is 1. The molecule has 10 heteroatoms. The Labute approximate surface area is 187 Å². The SMILES string of the molecule is CCCCn1c(SCC(=O)Nc2cccc([N+](=O)[O-])c2C)nc2sc(C)c(C)c2c1=O. The zero-order valence-corrected chi connectivity index (χ0v) is 19.5. The molecule has 0 atom stereocenters. The lowest BCUT2D eigenvalue weighted by Crippen LogP contribution is -2.24. The molecule has 3 rings (SSSR count). The van der Waals surface area contributed by atoms with Crippen LogP contribution in [-0.4, -0.2) is 26.1 Å². The number of thiophene rings is 1. The number of aromatic nitrogens is 2. The topological polar surface area (TPSA) is 107 Å². The Morgan fingerprint density at radius 2 is 2.03 bits per heavy atom. The lowest BCUT2D eigenvalue weighted by atomic mass is 10.1. The first-order valence-electron chi connectivity index (χ1n) is 9.91. The Morgan fingerprint density at radius 1 is 1.29 bits per heavy atom. The lowest BCUT2D eigenvalue weighted by Gasteiger charge is -2.12. The highest BCUT2D eigenvalue weighted by atomic mass is 32.2. The van der Waals surface area contributed by atoms with Gasteiger partial charge in [-0.25, -0.2) is 4.98 Å². The predicted octanol–water partition coefficient (Wildman–Crippen LogP) is 4.82. The molecular weight excluding hydrogens is 436 g/mol. The van der Waals surface area contributed by atoms with Gasteiger partial charge in [0.05, 0.1) is 27.3 Å². The van der Waals surface area contributed by atoms with Crippen molar-refractivity contribution in [1.82, 2.24) is 9.55 Å². The first-order chi connectivity index (χ1) is 14.7. The molecule has 0 spiro atoms. The highest BCUT2D eigenvalue weighted by Gasteiger charge is 2.19. The van der Waals surface area contributed by atoms with Crippen molar-refractivity contribution in [3.8, 4) is 0 Å². The molecule has 31 heavy (non-hydrogen) atoms. The summed E-state index contributed by atoms with van der Waals surface area (Å²) in [5.74, 6) is -0.279. The van der Waals surface area contributed by atoms with E-state index in [0.717, 1.165) is 23.3 Å². The monoisotopic (exact) mass is 460 g/mol. The number of nitro groups is 1. The number of aryl methyl sites for hydroxylation is 2. The highest BCUT2D eigenvalue weighted by Crippen LogP contribution is 2.29. The van der Waals surface area contributed by atoms with Gasteiger partial charge < -0.3 is 5.32 Å². The molecule has 2 aromatic heterocycles. The Morgan fingerprint density at radius 3 is 2.71 bits per heavy atom. The molecule has 8 nitrogen and oxygen atoms in total. The maximum atomic E-state index is 13.1. The molecule has 2 heterocycles. The summed E-state index contributed by atoms with van der Waals surface area (Å²) in [6, 6.07) is 4.56. The minimum Gasteiger partial charge on any atom is -0.325 e. The van der Waals surface area contributed by atoms with Gasteiger partial charge >= 0.3 is 0 Å². The fourth-order valence-corrected chi connectivity index (χ4v) is 5.10. The van der Waals surface area contributed by atoms with E-state index in [9.17, 15) is 19.7 Å². The van der Waals surface area contributed by atoms with E-state index in [0.29, 0.717) is 33.2 Å². The molecule has 0 saturated carbocycles. The van der Waals surface area contributed by atoms with Crippen LogP contribution >= 0.6 is 23.1 Å². The van der Waals surface area contributed by atoms with Gasteiger partial charge in [0.15, 0.2) is 5.16 Å². The number of amides is 1. The number of carbonyl (C=O) groups is 1. The fourth-order valence-electron chi connectivity index (χ4n) is 3.21. The zero-order valence-electron chi connectivity index (χ0n) is 17.9. The van der Waals surface area contributed by atoms with E-state index in [1.807, 2.05) is 13.8 Å². The van der Waals surface area contributed by atoms with Crippen molar-refractivity contribution in [1.29, 1.82) is 0 Å². The van der Waals surface area contributed by atoms with Crippen LogP contribution in [0.1, 0.15) is 35.8 Å². The molecular formula is C21H24N4O4S2. The van der Waals surface area contributed by atoms with Gasteiger partial charge in [-0.1, -0.05) is 31.2 Å². The van der Waals surface area contributed by atoms with E-state index in [1.54, 1.807) is 17.6 Å². The molecule has 0 aliphatic heterocycles. The standard InChI is InChI=1S/C21H24N4O4S2/c1-5-6-10-24-20(27)18-12(2)14(4)31-19(18)23-21(24)30-11-17(26)22-15-8-7-9-16(13(15)3)25(28)29/h7-9H,5-6,10-11H2,1-4H3,(H,22,26). The summed E-state index contributed by atoms with van der Waals surface area (Å²) in [5, 5.41) is 15.0. The fraction of sp³-hybridized carbons (Fsp3) is 0.381. The number of anilines is 1. The molecule has 1 N–H and O–H groups in total. The van der Waals surface area contributed by atoms with Crippen molar-refractivity contribution in [3.05, 3.63) is 54.7 Å². The summed E-state index contributed by atoms with van der Waals surface area (Å²) in [6.07, 6.45) is 1.77. The molecule has 1 aromatic carbocycles. The Bertz CT molecular complexity index is 1220. The molecule has 3 aromatic rings. The smallest absolute Gasteiger partial charge is 0.274 e.